The van der Waals surface area contributed by atoms with Gasteiger partial charge in [-0.2, -0.15) is 18.4 Å². The van der Waals surface area contributed by atoms with Gasteiger partial charge >= 0.3 is 6.18 Å². The van der Waals surface area contributed by atoms with Crippen LogP contribution in [-0.2, 0) is 11.0 Å². The second kappa shape index (κ2) is 9.23. The molecule has 1 heterocycles. The Morgan fingerprint density at radius 3 is 2.41 bits per heavy atom. The molecule has 0 spiro atoms. The van der Waals surface area contributed by atoms with E-state index in [4.69, 9.17) is 11.6 Å². The van der Waals surface area contributed by atoms with Crippen LogP contribution in [0.2, 0.25) is 5.02 Å². The SMILES string of the molecule is Cc1cc(C=C(C#N)C(=O)Nc2cc(C(F)(F)F)ccc2Cl)c(C)n1-c1ccc(Br)cc1. The number of nitrogens with one attached hydrogen (secondary N) is 1. The van der Waals surface area contributed by atoms with Crippen molar-refractivity contribution in [3.8, 4) is 11.8 Å². The van der Waals surface area contributed by atoms with Gasteiger partial charge in [-0.15, -0.1) is 0 Å². The van der Waals surface area contributed by atoms with Crippen molar-refractivity contribution in [3.05, 3.63) is 86.1 Å². The van der Waals surface area contributed by atoms with Crippen molar-refractivity contribution < 1.29 is 18.0 Å². The van der Waals surface area contributed by atoms with Crippen molar-refractivity contribution >= 4 is 45.2 Å². The molecule has 0 aliphatic heterocycles. The van der Waals surface area contributed by atoms with Crippen molar-refractivity contribution in [1.29, 1.82) is 5.26 Å². The fraction of sp³-hybridized carbons (Fsp3) is 0.130. The van der Waals surface area contributed by atoms with Crippen LogP contribution in [0, 0.1) is 25.2 Å². The first-order valence-electron chi connectivity index (χ1n) is 9.26. The normalized spacial score (nSPS) is 11.9. The fourth-order valence-corrected chi connectivity index (χ4v) is 3.64. The van der Waals surface area contributed by atoms with Gasteiger partial charge in [-0.3, -0.25) is 4.79 Å². The first-order chi connectivity index (χ1) is 15.0. The third-order valence-electron chi connectivity index (χ3n) is 4.76. The Morgan fingerprint density at radius 2 is 1.81 bits per heavy atom. The maximum absolute atomic E-state index is 13.0. The predicted molar refractivity (Wildman–Crippen MR) is 122 cm³/mol. The highest BCUT2D eigenvalue weighted by Gasteiger charge is 2.31. The minimum absolute atomic E-state index is 0.0722. The van der Waals surface area contributed by atoms with Crippen molar-refractivity contribution in [2.24, 2.45) is 0 Å². The summed E-state index contributed by atoms with van der Waals surface area (Å²) in [5, 5.41) is 11.7. The molecule has 164 valence electrons. The number of alkyl halides is 3. The van der Waals surface area contributed by atoms with Gasteiger partial charge in [0.1, 0.15) is 11.6 Å². The lowest BCUT2D eigenvalue weighted by atomic mass is 10.1. The van der Waals surface area contributed by atoms with Crippen LogP contribution in [0.3, 0.4) is 0 Å². The molecule has 32 heavy (non-hydrogen) atoms. The number of carbonyl (C=O) groups excluding carboxylic acids is 1. The second-order valence-corrected chi connectivity index (χ2v) is 8.28. The average molecular weight is 523 g/mol. The number of nitrogens with zero attached hydrogens (tertiary/aromatic N) is 2. The summed E-state index contributed by atoms with van der Waals surface area (Å²) >= 11 is 9.33. The molecule has 0 unspecified atom stereocenters. The zero-order valence-corrected chi connectivity index (χ0v) is 19.2. The van der Waals surface area contributed by atoms with Gasteiger partial charge in [0.2, 0.25) is 0 Å². The monoisotopic (exact) mass is 521 g/mol. The Morgan fingerprint density at radius 1 is 1.16 bits per heavy atom. The Bertz CT molecular complexity index is 1260. The van der Waals surface area contributed by atoms with E-state index >= 15 is 0 Å². The highest BCUT2D eigenvalue weighted by Crippen LogP contribution is 2.34. The van der Waals surface area contributed by atoms with Crippen LogP contribution >= 0.6 is 27.5 Å². The van der Waals surface area contributed by atoms with Crippen molar-refractivity contribution in [2.45, 2.75) is 20.0 Å². The van der Waals surface area contributed by atoms with Crippen LogP contribution < -0.4 is 5.32 Å². The maximum Gasteiger partial charge on any atom is 0.416 e. The number of amides is 1. The molecule has 3 aromatic rings. The maximum atomic E-state index is 13.0. The molecular weight excluding hydrogens is 507 g/mol. The summed E-state index contributed by atoms with van der Waals surface area (Å²) in [6, 6.07) is 13.9. The second-order valence-electron chi connectivity index (χ2n) is 6.95. The Hall–Kier alpha value is -3.02. The molecule has 9 heteroatoms. The lowest BCUT2D eigenvalue weighted by Crippen LogP contribution is -2.15. The number of benzene rings is 2. The topological polar surface area (TPSA) is 57.8 Å². The molecule has 1 amide bonds. The van der Waals surface area contributed by atoms with Gasteiger partial charge < -0.3 is 9.88 Å². The standard InChI is InChI=1S/C23H16BrClF3N3O/c1-13-9-15(14(2)31(13)19-6-4-18(24)5-7-19)10-16(12-29)22(32)30-21-11-17(23(26,27)28)3-8-20(21)25/h3-11H,1-2H3,(H,30,32). The van der Waals surface area contributed by atoms with E-state index < -0.39 is 17.6 Å². The van der Waals surface area contributed by atoms with Crippen LogP contribution in [0.4, 0.5) is 18.9 Å². The Balaban J connectivity index is 1.94. The smallest absolute Gasteiger partial charge is 0.320 e. The summed E-state index contributed by atoms with van der Waals surface area (Å²) in [6.07, 6.45) is -3.20. The number of aromatic nitrogens is 1. The summed E-state index contributed by atoms with van der Waals surface area (Å²) in [4.78, 5) is 12.6. The van der Waals surface area contributed by atoms with E-state index in [0.717, 1.165) is 39.7 Å². The van der Waals surface area contributed by atoms with Crippen LogP contribution in [0.25, 0.3) is 11.8 Å². The molecule has 0 saturated heterocycles. The molecule has 0 bridgehead atoms. The van der Waals surface area contributed by atoms with Crippen molar-refractivity contribution in [1.82, 2.24) is 4.57 Å². The predicted octanol–water partition coefficient (Wildman–Crippen LogP) is 7.07. The summed E-state index contributed by atoms with van der Waals surface area (Å²) < 4.78 is 41.8. The number of hydrogen-bond donors (Lipinski definition) is 1. The Labute approximate surface area is 196 Å². The minimum atomic E-state index is -4.59. The van der Waals surface area contributed by atoms with E-state index in [0.29, 0.717) is 5.56 Å². The molecule has 0 radical (unpaired) electrons. The molecule has 0 aliphatic rings. The summed E-state index contributed by atoms with van der Waals surface area (Å²) in [7, 11) is 0. The molecule has 0 aliphatic carbocycles. The molecule has 1 aromatic heterocycles. The fourth-order valence-electron chi connectivity index (χ4n) is 3.21. The minimum Gasteiger partial charge on any atom is -0.320 e. The first-order valence-corrected chi connectivity index (χ1v) is 10.4. The largest absolute Gasteiger partial charge is 0.416 e. The van der Waals surface area contributed by atoms with Gasteiger partial charge in [0.15, 0.2) is 0 Å². The highest BCUT2D eigenvalue weighted by molar-refractivity contribution is 9.10. The summed E-state index contributed by atoms with van der Waals surface area (Å²) in [6.45, 7) is 3.73. The molecule has 1 N–H and O–H groups in total. The molecule has 3 rings (SSSR count). The molecule has 0 atom stereocenters. The number of hydrogen-bond acceptors (Lipinski definition) is 2. The van der Waals surface area contributed by atoms with E-state index in [1.165, 1.54) is 6.08 Å². The highest BCUT2D eigenvalue weighted by atomic mass is 79.9. The Kier molecular flexibility index (Phi) is 6.82. The van der Waals surface area contributed by atoms with Gasteiger partial charge in [0.25, 0.3) is 5.91 Å². The van der Waals surface area contributed by atoms with E-state index in [1.807, 2.05) is 48.7 Å². The molecule has 4 nitrogen and oxygen atoms in total. The molecule has 0 saturated carbocycles. The van der Waals surface area contributed by atoms with Gasteiger partial charge in [-0.25, -0.2) is 0 Å². The third-order valence-corrected chi connectivity index (χ3v) is 5.62. The van der Waals surface area contributed by atoms with Gasteiger partial charge in [-0.05, 0) is 74.0 Å². The molecule has 2 aromatic carbocycles. The van der Waals surface area contributed by atoms with Crippen LogP contribution in [-0.4, -0.2) is 10.5 Å². The molecule has 0 fully saturated rings. The third kappa shape index (κ3) is 5.06. The van der Waals surface area contributed by atoms with Crippen LogP contribution in [0.15, 0.2) is 58.6 Å². The van der Waals surface area contributed by atoms with E-state index in [-0.39, 0.29) is 16.3 Å². The van der Waals surface area contributed by atoms with E-state index in [9.17, 15) is 23.2 Å². The summed E-state index contributed by atoms with van der Waals surface area (Å²) in [5.41, 5.74) is 1.76. The zero-order valence-electron chi connectivity index (χ0n) is 16.9. The lowest BCUT2D eigenvalue weighted by Gasteiger charge is -2.11. The number of carbonyl (C=O) groups is 1. The number of aryl methyl sites for hydroxylation is 1. The van der Waals surface area contributed by atoms with Crippen LogP contribution in [0.1, 0.15) is 22.5 Å². The van der Waals surface area contributed by atoms with Crippen LogP contribution in [0.5, 0.6) is 0 Å². The molecular formula is C23H16BrClF3N3O. The number of rotatable bonds is 4. The number of anilines is 1. The zero-order chi connectivity index (χ0) is 23.6. The van der Waals surface area contributed by atoms with Gasteiger partial charge in [0, 0.05) is 21.5 Å². The quantitative estimate of drug-likeness (QED) is 0.294. The van der Waals surface area contributed by atoms with Gasteiger partial charge in [-0.1, -0.05) is 27.5 Å². The van der Waals surface area contributed by atoms with Gasteiger partial charge in [0.05, 0.1) is 16.3 Å². The number of halogens is 5. The van der Waals surface area contributed by atoms with E-state index in [2.05, 4.69) is 21.2 Å². The van der Waals surface area contributed by atoms with Crippen molar-refractivity contribution in [2.75, 3.05) is 5.32 Å². The van der Waals surface area contributed by atoms with E-state index in [1.54, 1.807) is 6.07 Å². The summed E-state index contributed by atoms with van der Waals surface area (Å²) in [5.74, 6) is -0.859. The number of nitriles is 1. The van der Waals surface area contributed by atoms with Crippen molar-refractivity contribution in [3.63, 3.8) is 0 Å². The first kappa shape index (κ1) is 23.6. The lowest BCUT2D eigenvalue weighted by molar-refractivity contribution is -0.137. The average Bonchev–Trinajstić information content (AvgIpc) is 3.00.